The minimum Gasteiger partial charge on any atom is -0.478 e. The van der Waals surface area contributed by atoms with E-state index >= 15 is 0 Å². The highest BCUT2D eigenvalue weighted by molar-refractivity contribution is 6.14. The third-order valence-corrected chi connectivity index (χ3v) is 5.45. The molecule has 0 fully saturated rings. The number of aromatic carboxylic acids is 1. The third-order valence-electron chi connectivity index (χ3n) is 5.45. The number of ether oxygens (including phenoxy) is 1. The average Bonchev–Trinajstić information content (AvgIpc) is 2.72. The van der Waals surface area contributed by atoms with Gasteiger partial charge < -0.3 is 20.6 Å². The van der Waals surface area contributed by atoms with Gasteiger partial charge in [0.25, 0.3) is 0 Å². The van der Waals surface area contributed by atoms with Gasteiger partial charge in [0.2, 0.25) is 0 Å². The largest absolute Gasteiger partial charge is 0.478 e. The smallest absolute Gasteiger partial charge is 0.336 e. The summed E-state index contributed by atoms with van der Waals surface area (Å²) in [4.78, 5) is 11.9. The Morgan fingerprint density at radius 2 is 1.97 bits per heavy atom. The molecule has 0 radical (unpaired) electrons. The summed E-state index contributed by atoms with van der Waals surface area (Å²) in [5, 5.41) is 21.8. The van der Waals surface area contributed by atoms with E-state index in [-0.39, 0.29) is 11.5 Å². The molecule has 1 heterocycles. The Morgan fingerprint density at radius 3 is 2.69 bits per heavy atom. The summed E-state index contributed by atoms with van der Waals surface area (Å²) < 4.78 is 6.25. The summed E-state index contributed by atoms with van der Waals surface area (Å²) in [5.74, 6) is 0.601. The molecule has 148 valence electrons. The van der Waals surface area contributed by atoms with E-state index in [4.69, 9.17) is 10.1 Å². The van der Waals surface area contributed by atoms with Gasteiger partial charge in [-0.05, 0) is 55.5 Å². The van der Waals surface area contributed by atoms with Crippen molar-refractivity contribution < 1.29 is 14.6 Å². The Balaban J connectivity index is 2.02. The molecule has 0 amide bonds. The van der Waals surface area contributed by atoms with Gasteiger partial charge in [0.15, 0.2) is 0 Å². The normalized spacial score (nSPS) is 17.8. The van der Waals surface area contributed by atoms with Gasteiger partial charge in [-0.25, -0.2) is 4.79 Å². The van der Waals surface area contributed by atoms with Gasteiger partial charge in [0.1, 0.15) is 11.5 Å². The second-order valence-corrected chi connectivity index (χ2v) is 7.33. The first-order valence-corrected chi connectivity index (χ1v) is 9.96. The van der Waals surface area contributed by atoms with Crippen LogP contribution in [0.4, 0.5) is 5.69 Å². The van der Waals surface area contributed by atoms with Gasteiger partial charge in [-0.15, -0.1) is 0 Å². The second-order valence-electron chi connectivity index (χ2n) is 7.33. The predicted octanol–water partition coefficient (Wildman–Crippen LogP) is 5.34. The minimum atomic E-state index is -0.981. The lowest BCUT2D eigenvalue weighted by molar-refractivity contribution is 0.0696. The van der Waals surface area contributed by atoms with Crippen molar-refractivity contribution in [2.45, 2.75) is 26.7 Å². The fraction of sp³-hybridized carbons (Fsp3) is 0.250. The van der Waals surface area contributed by atoms with E-state index in [9.17, 15) is 9.90 Å². The molecule has 1 atom stereocenters. The molecule has 2 aromatic rings. The van der Waals surface area contributed by atoms with Crippen LogP contribution in [0.1, 0.15) is 48.2 Å². The monoisotopic (exact) mass is 388 g/mol. The number of carbonyl (C=O) groups is 1. The number of nitrogens with one attached hydrogen (secondary N) is 2. The van der Waals surface area contributed by atoms with Crippen LogP contribution in [0.3, 0.4) is 0 Å². The molecule has 0 saturated heterocycles. The van der Waals surface area contributed by atoms with Crippen LogP contribution in [0.2, 0.25) is 0 Å². The maximum atomic E-state index is 11.9. The van der Waals surface area contributed by atoms with E-state index in [2.05, 4.69) is 18.3 Å². The van der Waals surface area contributed by atoms with E-state index < -0.39 is 5.97 Å². The molecule has 2 aromatic carbocycles. The Bertz CT molecular complexity index is 1070. The highest BCUT2D eigenvalue weighted by Gasteiger charge is 2.33. The second kappa shape index (κ2) is 7.59. The van der Waals surface area contributed by atoms with Crippen LogP contribution in [-0.2, 0) is 0 Å². The topological polar surface area (TPSA) is 82.4 Å². The Labute approximate surface area is 170 Å². The van der Waals surface area contributed by atoms with Gasteiger partial charge in [-0.1, -0.05) is 25.1 Å². The highest BCUT2D eigenvalue weighted by atomic mass is 16.5. The molecule has 0 saturated carbocycles. The van der Waals surface area contributed by atoms with Crippen molar-refractivity contribution in [3.05, 3.63) is 76.6 Å². The van der Waals surface area contributed by atoms with E-state index in [0.29, 0.717) is 34.8 Å². The minimum absolute atomic E-state index is 0.225. The Kier molecular flexibility index (Phi) is 4.97. The van der Waals surface area contributed by atoms with Crippen LogP contribution in [0.5, 0.6) is 5.75 Å². The zero-order chi connectivity index (χ0) is 20.5. The van der Waals surface area contributed by atoms with Crippen molar-refractivity contribution in [3.63, 3.8) is 0 Å². The number of carboxylic acids is 1. The summed E-state index contributed by atoms with van der Waals surface area (Å²) in [7, 11) is 0. The molecule has 1 aliphatic carbocycles. The summed E-state index contributed by atoms with van der Waals surface area (Å²) in [6.45, 7) is 4.92. The lowest BCUT2D eigenvalue weighted by Gasteiger charge is -2.32. The molecule has 0 spiro atoms. The predicted molar refractivity (Wildman–Crippen MR) is 115 cm³/mol. The first-order chi connectivity index (χ1) is 14.0. The lowest BCUT2D eigenvalue weighted by Crippen LogP contribution is -2.24. The number of fused-ring (bicyclic) bond motifs is 2. The van der Waals surface area contributed by atoms with Crippen molar-refractivity contribution in [1.82, 2.24) is 0 Å². The molecule has 5 nitrogen and oxygen atoms in total. The Morgan fingerprint density at radius 1 is 1.17 bits per heavy atom. The molecule has 4 rings (SSSR count). The standard InChI is InChI=1S/C24H24N2O3/c1-3-14-11-19(25)23-21(12-14)29-20-13-15(26-4-2)9-10-18(20)22(23)16-7-5-6-8-17(16)24(27)28/h5-10,12-14,25-26H,3-4,11H2,1-2H3,(H,27,28). The first kappa shape index (κ1) is 19.0. The van der Waals surface area contributed by atoms with Crippen molar-refractivity contribution in [2.75, 3.05) is 11.9 Å². The summed E-state index contributed by atoms with van der Waals surface area (Å²) in [6.07, 6.45) is 3.63. The molecule has 3 N–H and O–H groups in total. The molecule has 0 aromatic heterocycles. The van der Waals surface area contributed by atoms with Crippen LogP contribution in [0, 0.1) is 11.3 Å². The van der Waals surface area contributed by atoms with Crippen LogP contribution in [0.15, 0.2) is 59.9 Å². The Hall–Kier alpha value is -3.34. The zero-order valence-electron chi connectivity index (χ0n) is 16.6. The highest BCUT2D eigenvalue weighted by Crippen LogP contribution is 2.46. The fourth-order valence-electron chi connectivity index (χ4n) is 4.04. The molecular formula is C24H24N2O3. The van der Waals surface area contributed by atoms with Crippen LogP contribution >= 0.6 is 0 Å². The number of rotatable bonds is 5. The van der Waals surface area contributed by atoms with E-state index in [0.717, 1.165) is 29.8 Å². The van der Waals surface area contributed by atoms with E-state index in [1.807, 2.05) is 37.3 Å². The van der Waals surface area contributed by atoms with Gasteiger partial charge in [-0.3, -0.25) is 0 Å². The average molecular weight is 388 g/mol. The fourth-order valence-corrected chi connectivity index (χ4v) is 4.04. The quantitative estimate of drug-likeness (QED) is 0.645. The van der Waals surface area contributed by atoms with Crippen molar-refractivity contribution >= 4 is 22.9 Å². The maximum absolute atomic E-state index is 11.9. The number of benzene rings is 2. The molecule has 0 bridgehead atoms. The molecule has 1 aliphatic heterocycles. The summed E-state index contributed by atoms with van der Waals surface area (Å²) in [6, 6.07) is 12.8. The summed E-state index contributed by atoms with van der Waals surface area (Å²) in [5.41, 5.74) is 4.55. The number of hydrogen-bond donors (Lipinski definition) is 3. The SMILES string of the molecule is CCNc1ccc2c(c1)OC1=CC(CC)CC(=N)C1=C2c1ccccc1C(=O)O. The third kappa shape index (κ3) is 3.33. The molecular weight excluding hydrogens is 364 g/mol. The molecule has 5 heteroatoms. The van der Waals surface area contributed by atoms with Gasteiger partial charge >= 0.3 is 5.97 Å². The van der Waals surface area contributed by atoms with Crippen molar-refractivity contribution in [2.24, 2.45) is 5.92 Å². The zero-order valence-corrected chi connectivity index (χ0v) is 16.6. The number of allylic oxidation sites excluding steroid dienone is 2. The van der Waals surface area contributed by atoms with Crippen LogP contribution in [-0.4, -0.2) is 23.3 Å². The van der Waals surface area contributed by atoms with Gasteiger partial charge in [0.05, 0.1) is 5.56 Å². The van der Waals surface area contributed by atoms with Gasteiger partial charge in [0, 0.05) is 40.7 Å². The first-order valence-electron chi connectivity index (χ1n) is 9.96. The molecule has 29 heavy (non-hydrogen) atoms. The number of hydrogen-bond acceptors (Lipinski definition) is 4. The van der Waals surface area contributed by atoms with Crippen LogP contribution in [0.25, 0.3) is 5.57 Å². The number of anilines is 1. The number of carboxylic acid groups (broad SMARTS) is 1. The van der Waals surface area contributed by atoms with Gasteiger partial charge in [-0.2, -0.15) is 0 Å². The van der Waals surface area contributed by atoms with Crippen molar-refractivity contribution in [1.29, 1.82) is 5.41 Å². The summed E-state index contributed by atoms with van der Waals surface area (Å²) >= 11 is 0. The lowest BCUT2D eigenvalue weighted by atomic mass is 9.79. The molecule has 1 unspecified atom stereocenters. The van der Waals surface area contributed by atoms with Crippen molar-refractivity contribution in [3.8, 4) is 5.75 Å². The maximum Gasteiger partial charge on any atom is 0.336 e. The van der Waals surface area contributed by atoms with E-state index in [1.165, 1.54) is 0 Å². The molecule has 2 aliphatic rings. The van der Waals surface area contributed by atoms with Crippen LogP contribution < -0.4 is 10.1 Å². The van der Waals surface area contributed by atoms with E-state index in [1.54, 1.807) is 12.1 Å².